The van der Waals surface area contributed by atoms with Gasteiger partial charge in [0.15, 0.2) is 0 Å². The summed E-state index contributed by atoms with van der Waals surface area (Å²) in [6.07, 6.45) is 3.34. The molecule has 5 nitrogen and oxygen atoms in total. The summed E-state index contributed by atoms with van der Waals surface area (Å²) in [6, 6.07) is 6.80. The molecule has 0 aliphatic heterocycles. The highest BCUT2D eigenvalue weighted by Gasteiger charge is 2.20. The topological polar surface area (TPSA) is 68.5 Å². The molecular weight excluding hydrogens is 278 g/mol. The van der Waals surface area contributed by atoms with Crippen LogP contribution in [0.25, 0.3) is 0 Å². The van der Waals surface area contributed by atoms with Crippen LogP contribution in [0.1, 0.15) is 10.4 Å². The standard InChI is InChI=1S/C14H14ClN3O2/c1-18(10-4-3-5-17-8-10)13-11(14(19)20-2)6-9(16)7-12(13)15/h3-8H,16H2,1-2H3. The van der Waals surface area contributed by atoms with Gasteiger partial charge in [-0.1, -0.05) is 11.6 Å². The molecule has 20 heavy (non-hydrogen) atoms. The first-order chi connectivity index (χ1) is 9.54. The molecule has 104 valence electrons. The van der Waals surface area contributed by atoms with Crippen molar-refractivity contribution in [1.29, 1.82) is 0 Å². The van der Waals surface area contributed by atoms with Crippen molar-refractivity contribution in [3.05, 3.63) is 47.2 Å². The molecule has 2 aromatic rings. The Morgan fingerprint density at radius 1 is 1.45 bits per heavy atom. The van der Waals surface area contributed by atoms with E-state index in [9.17, 15) is 4.79 Å². The molecule has 2 N–H and O–H groups in total. The van der Waals surface area contributed by atoms with Crippen molar-refractivity contribution in [2.75, 3.05) is 24.8 Å². The number of aromatic nitrogens is 1. The van der Waals surface area contributed by atoms with Crippen LogP contribution >= 0.6 is 11.6 Å². The molecule has 0 radical (unpaired) electrons. The molecule has 0 saturated carbocycles. The highest BCUT2D eigenvalue weighted by molar-refractivity contribution is 6.34. The maximum Gasteiger partial charge on any atom is 0.340 e. The van der Waals surface area contributed by atoms with Crippen molar-refractivity contribution >= 4 is 34.6 Å². The average Bonchev–Trinajstić information content (AvgIpc) is 2.46. The van der Waals surface area contributed by atoms with E-state index in [1.165, 1.54) is 7.11 Å². The number of methoxy groups -OCH3 is 1. The van der Waals surface area contributed by atoms with Crippen molar-refractivity contribution < 1.29 is 9.53 Å². The van der Waals surface area contributed by atoms with Crippen LogP contribution in [0.4, 0.5) is 17.1 Å². The number of hydrogen-bond donors (Lipinski definition) is 1. The van der Waals surface area contributed by atoms with E-state index in [-0.39, 0.29) is 0 Å². The average molecular weight is 292 g/mol. The third-order valence-corrected chi connectivity index (χ3v) is 3.15. The number of rotatable bonds is 3. The summed E-state index contributed by atoms with van der Waals surface area (Å²) in [4.78, 5) is 17.7. The lowest BCUT2D eigenvalue weighted by molar-refractivity contribution is 0.0601. The molecule has 0 amide bonds. The van der Waals surface area contributed by atoms with Crippen LogP contribution < -0.4 is 10.6 Å². The summed E-state index contributed by atoms with van der Waals surface area (Å²) in [5.41, 5.74) is 7.77. The predicted molar refractivity (Wildman–Crippen MR) is 79.5 cm³/mol. The second-order valence-corrected chi connectivity index (χ2v) is 4.57. The maximum absolute atomic E-state index is 11.9. The molecule has 1 heterocycles. The number of nitrogens with two attached hydrogens (primary N) is 1. The van der Waals surface area contributed by atoms with Crippen LogP contribution in [0.3, 0.4) is 0 Å². The van der Waals surface area contributed by atoms with E-state index in [4.69, 9.17) is 22.1 Å². The maximum atomic E-state index is 11.9. The van der Waals surface area contributed by atoms with Crippen LogP contribution in [0, 0.1) is 0 Å². The monoisotopic (exact) mass is 291 g/mol. The van der Waals surface area contributed by atoms with Gasteiger partial charge in [-0.3, -0.25) is 4.98 Å². The third-order valence-electron chi connectivity index (χ3n) is 2.86. The van der Waals surface area contributed by atoms with Crippen LogP contribution in [-0.2, 0) is 4.74 Å². The molecule has 0 bridgehead atoms. The van der Waals surface area contributed by atoms with Gasteiger partial charge in [-0.25, -0.2) is 4.79 Å². The van der Waals surface area contributed by atoms with Crippen molar-refractivity contribution in [2.24, 2.45) is 0 Å². The smallest absolute Gasteiger partial charge is 0.340 e. The fourth-order valence-corrected chi connectivity index (χ4v) is 2.26. The van der Waals surface area contributed by atoms with Gasteiger partial charge in [0.2, 0.25) is 0 Å². The van der Waals surface area contributed by atoms with Gasteiger partial charge >= 0.3 is 5.97 Å². The largest absolute Gasteiger partial charge is 0.465 e. The van der Waals surface area contributed by atoms with E-state index in [0.717, 1.165) is 5.69 Å². The second-order valence-electron chi connectivity index (χ2n) is 4.16. The van der Waals surface area contributed by atoms with Crippen molar-refractivity contribution in [3.63, 3.8) is 0 Å². The number of nitrogen functional groups attached to an aromatic ring is 1. The van der Waals surface area contributed by atoms with Crippen molar-refractivity contribution in [3.8, 4) is 0 Å². The number of esters is 1. The molecule has 0 unspecified atom stereocenters. The number of anilines is 3. The first-order valence-corrected chi connectivity index (χ1v) is 6.23. The fourth-order valence-electron chi connectivity index (χ4n) is 1.91. The van der Waals surface area contributed by atoms with Crippen LogP contribution in [-0.4, -0.2) is 25.1 Å². The lowest BCUT2D eigenvalue weighted by Gasteiger charge is -2.23. The fraction of sp³-hybridized carbons (Fsp3) is 0.143. The Hall–Kier alpha value is -2.27. The zero-order valence-corrected chi connectivity index (χ0v) is 11.9. The lowest BCUT2D eigenvalue weighted by Crippen LogP contribution is -2.16. The summed E-state index contributed by atoms with van der Waals surface area (Å²) in [5.74, 6) is -0.495. The predicted octanol–water partition coefficient (Wildman–Crippen LogP) is 2.87. The Balaban J connectivity index is 2.58. The molecule has 0 fully saturated rings. The van der Waals surface area contributed by atoms with Crippen LogP contribution in [0.5, 0.6) is 0 Å². The number of nitrogens with zero attached hydrogens (tertiary/aromatic N) is 2. The Morgan fingerprint density at radius 2 is 2.20 bits per heavy atom. The molecule has 1 aromatic heterocycles. The first-order valence-electron chi connectivity index (χ1n) is 5.85. The zero-order valence-electron chi connectivity index (χ0n) is 11.1. The minimum absolute atomic E-state index is 0.309. The normalized spacial score (nSPS) is 10.2. The molecule has 0 spiro atoms. The van der Waals surface area contributed by atoms with Crippen LogP contribution in [0.2, 0.25) is 5.02 Å². The number of benzene rings is 1. The molecule has 6 heteroatoms. The zero-order chi connectivity index (χ0) is 14.7. The Labute approximate surface area is 121 Å². The van der Waals surface area contributed by atoms with E-state index in [0.29, 0.717) is 22.0 Å². The van der Waals surface area contributed by atoms with E-state index < -0.39 is 5.97 Å². The number of carbonyl (C=O) groups excluding carboxylic acids is 1. The summed E-state index contributed by atoms with van der Waals surface area (Å²) in [6.45, 7) is 0. The first kappa shape index (κ1) is 14.1. The number of carbonyl (C=O) groups is 1. The Kier molecular flexibility index (Phi) is 4.10. The van der Waals surface area contributed by atoms with E-state index in [1.807, 2.05) is 6.07 Å². The van der Waals surface area contributed by atoms with Gasteiger partial charge in [0, 0.05) is 18.9 Å². The lowest BCUT2D eigenvalue weighted by atomic mass is 10.1. The van der Waals surface area contributed by atoms with Gasteiger partial charge in [0.25, 0.3) is 0 Å². The van der Waals surface area contributed by atoms with E-state index >= 15 is 0 Å². The third kappa shape index (κ3) is 2.67. The van der Waals surface area contributed by atoms with E-state index in [2.05, 4.69) is 4.98 Å². The summed E-state index contributed by atoms with van der Waals surface area (Å²) in [7, 11) is 3.11. The number of pyridine rings is 1. The van der Waals surface area contributed by atoms with Gasteiger partial charge in [0.1, 0.15) is 0 Å². The van der Waals surface area contributed by atoms with Crippen LogP contribution in [0.15, 0.2) is 36.7 Å². The van der Waals surface area contributed by atoms with Gasteiger partial charge in [-0.05, 0) is 24.3 Å². The van der Waals surface area contributed by atoms with Gasteiger partial charge in [-0.15, -0.1) is 0 Å². The number of hydrogen-bond acceptors (Lipinski definition) is 5. The summed E-state index contributed by atoms with van der Waals surface area (Å²) in [5, 5.41) is 0.372. The molecule has 0 aliphatic rings. The minimum atomic E-state index is -0.495. The number of halogens is 1. The molecule has 1 aromatic carbocycles. The number of ether oxygens (including phenoxy) is 1. The highest BCUT2D eigenvalue weighted by Crippen LogP contribution is 2.35. The molecular formula is C14H14ClN3O2. The van der Waals surface area contributed by atoms with Gasteiger partial charge in [0.05, 0.1) is 35.3 Å². The van der Waals surface area contributed by atoms with E-state index in [1.54, 1.807) is 42.5 Å². The Bertz CT molecular complexity index is 632. The highest BCUT2D eigenvalue weighted by atomic mass is 35.5. The minimum Gasteiger partial charge on any atom is -0.465 e. The summed E-state index contributed by atoms with van der Waals surface area (Å²) < 4.78 is 4.78. The van der Waals surface area contributed by atoms with Gasteiger partial charge in [-0.2, -0.15) is 0 Å². The molecule has 2 rings (SSSR count). The molecule has 0 aliphatic carbocycles. The second kappa shape index (κ2) is 5.79. The van der Waals surface area contributed by atoms with Gasteiger partial charge < -0.3 is 15.4 Å². The SMILES string of the molecule is COC(=O)c1cc(N)cc(Cl)c1N(C)c1cccnc1. The Morgan fingerprint density at radius 3 is 2.80 bits per heavy atom. The van der Waals surface area contributed by atoms with Crippen molar-refractivity contribution in [2.45, 2.75) is 0 Å². The molecule has 0 saturated heterocycles. The summed E-state index contributed by atoms with van der Waals surface area (Å²) >= 11 is 6.23. The quantitative estimate of drug-likeness (QED) is 0.695. The molecule has 0 atom stereocenters. The van der Waals surface area contributed by atoms with Crippen molar-refractivity contribution in [1.82, 2.24) is 4.98 Å².